The van der Waals surface area contributed by atoms with Gasteiger partial charge >= 0.3 is 6.61 Å². The van der Waals surface area contributed by atoms with Crippen LogP contribution in [0.4, 0.5) is 8.78 Å². The summed E-state index contributed by atoms with van der Waals surface area (Å²) in [5, 5.41) is 9.45. The predicted octanol–water partition coefficient (Wildman–Crippen LogP) is 2.11. The number of hydrogen-bond acceptors (Lipinski definition) is 3. The summed E-state index contributed by atoms with van der Waals surface area (Å²) < 4.78 is 29.1. The van der Waals surface area contributed by atoms with Crippen LogP contribution in [0.5, 0.6) is 5.75 Å². The van der Waals surface area contributed by atoms with Crippen LogP contribution in [0.15, 0.2) is 12.1 Å². The van der Waals surface area contributed by atoms with E-state index in [2.05, 4.69) is 4.74 Å². The highest BCUT2D eigenvalue weighted by Gasteiger charge is 2.26. The number of halogens is 2. The summed E-state index contributed by atoms with van der Waals surface area (Å²) in [5.74, 6) is -0.0886. The predicted molar refractivity (Wildman–Crippen MR) is 69.1 cm³/mol. The SMILES string of the molecule is Cc1cc(C(=O)N2CC[C@@H](O)C2)cc(C)c1OC(F)F. The molecule has 0 saturated carbocycles. The molecule has 0 radical (unpaired) electrons. The van der Waals surface area contributed by atoms with E-state index in [1.807, 2.05) is 0 Å². The number of ether oxygens (including phenoxy) is 1. The van der Waals surface area contributed by atoms with E-state index in [0.717, 1.165) is 0 Å². The van der Waals surface area contributed by atoms with Crippen molar-refractivity contribution in [3.8, 4) is 5.75 Å². The molecular weight excluding hydrogens is 268 g/mol. The average molecular weight is 285 g/mol. The maximum absolute atomic E-state index is 12.3. The van der Waals surface area contributed by atoms with Gasteiger partial charge < -0.3 is 14.7 Å². The molecule has 1 aliphatic heterocycles. The number of likely N-dealkylation sites (tertiary alicyclic amines) is 1. The third kappa shape index (κ3) is 3.07. The molecule has 0 aromatic heterocycles. The van der Waals surface area contributed by atoms with E-state index in [1.165, 1.54) is 12.1 Å². The van der Waals surface area contributed by atoms with Crippen LogP contribution in [-0.2, 0) is 0 Å². The number of β-amino-alcohol motifs (C(OH)–C–C–N with tert-alkyl or cyclic N) is 1. The lowest BCUT2D eigenvalue weighted by molar-refractivity contribution is -0.0507. The van der Waals surface area contributed by atoms with Gasteiger partial charge in [-0.2, -0.15) is 8.78 Å². The Morgan fingerprint density at radius 1 is 1.40 bits per heavy atom. The number of amides is 1. The number of carbonyl (C=O) groups is 1. The van der Waals surface area contributed by atoms with Gasteiger partial charge in [0.2, 0.25) is 0 Å². The zero-order chi connectivity index (χ0) is 14.9. The number of carbonyl (C=O) groups excluding carboxylic acids is 1. The van der Waals surface area contributed by atoms with Gasteiger partial charge in [0, 0.05) is 18.7 Å². The summed E-state index contributed by atoms with van der Waals surface area (Å²) in [7, 11) is 0. The van der Waals surface area contributed by atoms with Crippen LogP contribution in [0.1, 0.15) is 27.9 Å². The first-order valence-electron chi connectivity index (χ1n) is 6.42. The number of hydrogen-bond donors (Lipinski definition) is 1. The van der Waals surface area contributed by atoms with Crippen molar-refractivity contribution >= 4 is 5.91 Å². The molecule has 2 rings (SSSR count). The van der Waals surface area contributed by atoms with E-state index in [-0.39, 0.29) is 11.7 Å². The molecule has 1 atom stereocenters. The molecule has 6 heteroatoms. The fourth-order valence-corrected chi connectivity index (χ4v) is 2.46. The van der Waals surface area contributed by atoms with Crippen molar-refractivity contribution in [2.75, 3.05) is 13.1 Å². The van der Waals surface area contributed by atoms with E-state index in [0.29, 0.717) is 36.2 Å². The maximum atomic E-state index is 12.3. The zero-order valence-corrected chi connectivity index (χ0v) is 11.4. The zero-order valence-electron chi connectivity index (χ0n) is 11.4. The van der Waals surface area contributed by atoms with Crippen LogP contribution >= 0.6 is 0 Å². The molecule has 1 amide bonds. The molecule has 1 N–H and O–H groups in total. The molecule has 20 heavy (non-hydrogen) atoms. The molecule has 1 aromatic carbocycles. The minimum atomic E-state index is -2.89. The highest BCUT2D eigenvalue weighted by atomic mass is 19.3. The summed E-state index contributed by atoms with van der Waals surface area (Å²) in [6, 6.07) is 3.08. The second-order valence-corrected chi connectivity index (χ2v) is 5.01. The van der Waals surface area contributed by atoms with Gasteiger partial charge in [-0.25, -0.2) is 0 Å². The number of alkyl halides is 2. The van der Waals surface area contributed by atoms with Crippen LogP contribution in [0.2, 0.25) is 0 Å². The molecule has 4 nitrogen and oxygen atoms in total. The van der Waals surface area contributed by atoms with Gasteiger partial charge in [-0.05, 0) is 43.5 Å². The lowest BCUT2D eigenvalue weighted by atomic mass is 10.0. The van der Waals surface area contributed by atoms with Crippen molar-refractivity contribution in [1.29, 1.82) is 0 Å². The van der Waals surface area contributed by atoms with Gasteiger partial charge in [0.05, 0.1) is 6.10 Å². The first-order valence-corrected chi connectivity index (χ1v) is 6.42. The average Bonchev–Trinajstić information content (AvgIpc) is 2.79. The second-order valence-electron chi connectivity index (χ2n) is 5.01. The standard InChI is InChI=1S/C14H17F2NO3/c1-8-5-10(6-9(2)12(8)20-14(15)16)13(19)17-4-3-11(18)7-17/h5-6,11,14,18H,3-4,7H2,1-2H3/t11-/m1/s1. The van der Waals surface area contributed by atoms with Crippen molar-refractivity contribution in [3.05, 3.63) is 28.8 Å². The van der Waals surface area contributed by atoms with E-state index in [1.54, 1.807) is 18.7 Å². The number of nitrogens with zero attached hydrogens (tertiary/aromatic N) is 1. The first kappa shape index (κ1) is 14.7. The second kappa shape index (κ2) is 5.75. The van der Waals surface area contributed by atoms with E-state index >= 15 is 0 Å². The summed E-state index contributed by atoms with van der Waals surface area (Å²) in [5.41, 5.74) is 1.41. The van der Waals surface area contributed by atoms with Crippen LogP contribution in [0.25, 0.3) is 0 Å². The first-order chi connectivity index (χ1) is 9.38. The number of rotatable bonds is 3. The fourth-order valence-electron chi connectivity index (χ4n) is 2.46. The Balaban J connectivity index is 2.23. The Morgan fingerprint density at radius 2 is 2.00 bits per heavy atom. The van der Waals surface area contributed by atoms with E-state index in [9.17, 15) is 18.7 Å². The lowest BCUT2D eigenvalue weighted by Crippen LogP contribution is -2.29. The van der Waals surface area contributed by atoms with Gasteiger partial charge in [0.15, 0.2) is 0 Å². The van der Waals surface area contributed by atoms with Crippen molar-refractivity contribution in [2.45, 2.75) is 33.0 Å². The molecular formula is C14H17F2NO3. The topological polar surface area (TPSA) is 49.8 Å². The Kier molecular flexibility index (Phi) is 4.23. The molecule has 0 aliphatic carbocycles. The number of aliphatic hydroxyl groups is 1. The fraction of sp³-hybridized carbons (Fsp3) is 0.500. The van der Waals surface area contributed by atoms with Gasteiger partial charge in [-0.3, -0.25) is 4.79 Å². The van der Waals surface area contributed by atoms with Crippen molar-refractivity contribution in [2.24, 2.45) is 0 Å². The van der Waals surface area contributed by atoms with Crippen LogP contribution in [0, 0.1) is 13.8 Å². The Hall–Kier alpha value is -1.69. The largest absolute Gasteiger partial charge is 0.434 e. The quantitative estimate of drug-likeness (QED) is 0.925. The molecule has 110 valence electrons. The molecule has 1 aliphatic rings. The molecule has 1 heterocycles. The molecule has 0 spiro atoms. The van der Waals surface area contributed by atoms with E-state index < -0.39 is 12.7 Å². The summed E-state index contributed by atoms with van der Waals surface area (Å²) in [4.78, 5) is 13.8. The molecule has 1 aromatic rings. The third-order valence-corrected chi connectivity index (χ3v) is 3.36. The van der Waals surface area contributed by atoms with Crippen molar-refractivity contribution < 1.29 is 23.4 Å². The highest BCUT2D eigenvalue weighted by Crippen LogP contribution is 2.27. The van der Waals surface area contributed by atoms with Gasteiger partial charge in [-0.1, -0.05) is 0 Å². The maximum Gasteiger partial charge on any atom is 0.387 e. The van der Waals surface area contributed by atoms with Crippen molar-refractivity contribution in [1.82, 2.24) is 4.90 Å². The molecule has 1 saturated heterocycles. The number of aryl methyl sites for hydroxylation is 2. The summed E-state index contributed by atoms with van der Waals surface area (Å²) in [6.07, 6.45) is 0.0820. The Morgan fingerprint density at radius 3 is 2.45 bits per heavy atom. The normalized spacial score (nSPS) is 18.7. The lowest BCUT2D eigenvalue weighted by Gasteiger charge is -2.18. The van der Waals surface area contributed by atoms with Crippen LogP contribution < -0.4 is 4.74 Å². The smallest absolute Gasteiger partial charge is 0.387 e. The number of aliphatic hydroxyl groups excluding tert-OH is 1. The highest BCUT2D eigenvalue weighted by molar-refractivity contribution is 5.95. The monoisotopic (exact) mass is 285 g/mol. The summed E-state index contributed by atoms with van der Waals surface area (Å²) >= 11 is 0. The van der Waals surface area contributed by atoms with Gasteiger partial charge in [0.25, 0.3) is 5.91 Å². The Labute approximate surface area is 116 Å². The van der Waals surface area contributed by atoms with Gasteiger partial charge in [0.1, 0.15) is 5.75 Å². The third-order valence-electron chi connectivity index (χ3n) is 3.36. The summed E-state index contributed by atoms with van der Waals surface area (Å²) in [6.45, 7) is 1.18. The minimum Gasteiger partial charge on any atom is -0.434 e. The molecule has 0 unspecified atom stereocenters. The van der Waals surface area contributed by atoms with Gasteiger partial charge in [-0.15, -0.1) is 0 Å². The van der Waals surface area contributed by atoms with E-state index in [4.69, 9.17) is 0 Å². The Bertz CT molecular complexity index is 496. The van der Waals surface area contributed by atoms with Crippen LogP contribution in [0.3, 0.4) is 0 Å². The number of benzene rings is 1. The molecule has 1 fully saturated rings. The van der Waals surface area contributed by atoms with Crippen molar-refractivity contribution in [3.63, 3.8) is 0 Å². The molecule has 0 bridgehead atoms. The van der Waals surface area contributed by atoms with Crippen LogP contribution in [-0.4, -0.2) is 41.7 Å². The minimum absolute atomic E-state index is 0.109.